The van der Waals surface area contributed by atoms with Gasteiger partial charge in [0.15, 0.2) is 5.11 Å². The molecule has 0 saturated carbocycles. The summed E-state index contributed by atoms with van der Waals surface area (Å²) in [5.74, 6) is 3.02. The van der Waals surface area contributed by atoms with Crippen LogP contribution in [0.15, 0.2) is 30.0 Å². The molecule has 1 amide bonds. The molecule has 0 bridgehead atoms. The first-order valence-electron chi connectivity index (χ1n) is 6.66. The molecule has 1 aliphatic heterocycles. The average Bonchev–Trinajstić information content (AvgIpc) is 2.75. The number of benzene rings is 1. The van der Waals surface area contributed by atoms with E-state index < -0.39 is 0 Å². The standard InChI is InChI=1S/C16H16N2O2S/c1-3-9-18-15(19)14(17-16(18)21)11-12-5-7-13(8-6-12)20-10-4-2/h2,5-8,11H,3,9-10H2,1H3,(H,17,21). The number of nitrogens with one attached hydrogen (secondary N) is 1. The number of amides is 1. The quantitative estimate of drug-likeness (QED) is 0.514. The molecule has 4 nitrogen and oxygen atoms in total. The first kappa shape index (κ1) is 15.1. The summed E-state index contributed by atoms with van der Waals surface area (Å²) in [6.45, 7) is 2.87. The Morgan fingerprint density at radius 2 is 2.14 bits per heavy atom. The van der Waals surface area contributed by atoms with Gasteiger partial charge in [0.05, 0.1) is 0 Å². The number of carbonyl (C=O) groups excluding carboxylic acids is 1. The van der Waals surface area contributed by atoms with Crippen molar-refractivity contribution in [3.8, 4) is 18.1 Å². The average molecular weight is 300 g/mol. The number of carbonyl (C=O) groups is 1. The van der Waals surface area contributed by atoms with Crippen LogP contribution in [0.2, 0.25) is 0 Å². The van der Waals surface area contributed by atoms with E-state index in [1.165, 1.54) is 0 Å². The molecule has 1 saturated heterocycles. The Bertz CT molecular complexity index is 614. The van der Waals surface area contributed by atoms with E-state index in [4.69, 9.17) is 23.4 Å². The van der Waals surface area contributed by atoms with Gasteiger partial charge in [0, 0.05) is 6.54 Å². The van der Waals surface area contributed by atoms with Crippen molar-refractivity contribution in [2.75, 3.05) is 13.2 Å². The zero-order valence-corrected chi connectivity index (χ0v) is 12.6. The van der Waals surface area contributed by atoms with Crippen LogP contribution in [0.1, 0.15) is 18.9 Å². The molecule has 1 N–H and O–H groups in total. The Morgan fingerprint density at radius 3 is 2.76 bits per heavy atom. The maximum absolute atomic E-state index is 12.2. The van der Waals surface area contributed by atoms with Crippen molar-refractivity contribution in [1.82, 2.24) is 10.2 Å². The number of terminal acetylenes is 1. The lowest BCUT2D eigenvalue weighted by Gasteiger charge is -2.11. The van der Waals surface area contributed by atoms with Crippen LogP contribution in [0.3, 0.4) is 0 Å². The highest BCUT2D eigenvalue weighted by atomic mass is 32.1. The molecule has 0 aromatic heterocycles. The van der Waals surface area contributed by atoms with Crippen molar-refractivity contribution in [3.05, 3.63) is 35.5 Å². The minimum atomic E-state index is -0.0884. The van der Waals surface area contributed by atoms with Gasteiger partial charge in [-0.3, -0.25) is 9.69 Å². The van der Waals surface area contributed by atoms with Crippen LogP contribution in [0.4, 0.5) is 0 Å². The normalized spacial score (nSPS) is 16.0. The number of nitrogens with zero attached hydrogens (tertiary/aromatic N) is 1. The van der Waals surface area contributed by atoms with E-state index in [1.54, 1.807) is 11.0 Å². The fourth-order valence-corrected chi connectivity index (χ4v) is 2.23. The largest absolute Gasteiger partial charge is 0.481 e. The van der Waals surface area contributed by atoms with E-state index in [1.807, 2.05) is 31.2 Å². The summed E-state index contributed by atoms with van der Waals surface area (Å²) in [6.07, 6.45) is 7.77. The Labute approximate surface area is 129 Å². The van der Waals surface area contributed by atoms with Crippen molar-refractivity contribution in [1.29, 1.82) is 0 Å². The van der Waals surface area contributed by atoms with Crippen LogP contribution >= 0.6 is 12.2 Å². The van der Waals surface area contributed by atoms with Crippen molar-refractivity contribution in [3.63, 3.8) is 0 Å². The predicted octanol–water partition coefficient (Wildman–Crippen LogP) is 2.17. The minimum absolute atomic E-state index is 0.0884. The Kier molecular flexibility index (Phi) is 4.96. The van der Waals surface area contributed by atoms with Crippen LogP contribution < -0.4 is 10.1 Å². The van der Waals surface area contributed by atoms with Gasteiger partial charge in [-0.25, -0.2) is 0 Å². The van der Waals surface area contributed by atoms with Gasteiger partial charge in [-0.05, 0) is 42.4 Å². The second-order valence-electron chi connectivity index (χ2n) is 4.51. The first-order chi connectivity index (χ1) is 10.2. The molecule has 1 aromatic rings. The summed E-state index contributed by atoms with van der Waals surface area (Å²) in [7, 11) is 0. The Balaban J connectivity index is 2.11. The summed E-state index contributed by atoms with van der Waals surface area (Å²) in [5, 5.41) is 3.41. The van der Waals surface area contributed by atoms with Gasteiger partial charge < -0.3 is 10.1 Å². The van der Waals surface area contributed by atoms with Gasteiger partial charge in [-0.1, -0.05) is 25.0 Å². The Morgan fingerprint density at radius 1 is 1.43 bits per heavy atom. The van der Waals surface area contributed by atoms with Crippen molar-refractivity contribution < 1.29 is 9.53 Å². The second-order valence-corrected chi connectivity index (χ2v) is 4.89. The molecule has 5 heteroatoms. The maximum Gasteiger partial charge on any atom is 0.276 e. The SMILES string of the molecule is C#CCOc1ccc(C=C2NC(=S)N(CCC)C2=O)cc1. The van der Waals surface area contributed by atoms with Crippen molar-refractivity contribution >= 4 is 29.3 Å². The van der Waals surface area contributed by atoms with E-state index in [-0.39, 0.29) is 12.5 Å². The molecule has 1 aromatic carbocycles. The van der Waals surface area contributed by atoms with Crippen molar-refractivity contribution in [2.45, 2.75) is 13.3 Å². The van der Waals surface area contributed by atoms with Gasteiger partial charge in [-0.2, -0.15) is 0 Å². The number of ether oxygens (including phenoxy) is 1. The topological polar surface area (TPSA) is 41.6 Å². The molecule has 2 rings (SSSR count). The van der Waals surface area contributed by atoms with Gasteiger partial charge in [-0.15, -0.1) is 6.42 Å². The van der Waals surface area contributed by atoms with E-state index in [0.29, 0.717) is 23.1 Å². The third-order valence-electron chi connectivity index (χ3n) is 2.92. The van der Waals surface area contributed by atoms with Crippen LogP contribution in [0.5, 0.6) is 5.75 Å². The molecule has 1 aliphatic rings. The highest BCUT2D eigenvalue weighted by molar-refractivity contribution is 7.80. The number of hydrogen-bond donors (Lipinski definition) is 1. The molecule has 108 valence electrons. The second kappa shape index (κ2) is 6.91. The zero-order valence-electron chi connectivity index (χ0n) is 11.8. The maximum atomic E-state index is 12.2. The van der Waals surface area contributed by atoms with E-state index in [9.17, 15) is 4.79 Å². The van der Waals surface area contributed by atoms with Crippen LogP contribution in [0, 0.1) is 12.3 Å². The third-order valence-corrected chi connectivity index (χ3v) is 3.25. The van der Waals surface area contributed by atoms with Gasteiger partial charge in [0.1, 0.15) is 18.1 Å². The summed E-state index contributed by atoms with van der Waals surface area (Å²) in [5.41, 5.74) is 1.38. The molecule has 0 spiro atoms. The Hall–Kier alpha value is -2.32. The van der Waals surface area contributed by atoms with Gasteiger partial charge >= 0.3 is 0 Å². The fourth-order valence-electron chi connectivity index (χ4n) is 1.95. The van der Waals surface area contributed by atoms with Gasteiger partial charge in [0.2, 0.25) is 0 Å². The third kappa shape index (κ3) is 3.61. The number of rotatable bonds is 5. The summed E-state index contributed by atoms with van der Waals surface area (Å²) >= 11 is 5.16. The molecule has 0 atom stereocenters. The summed E-state index contributed by atoms with van der Waals surface area (Å²) in [6, 6.07) is 7.34. The van der Waals surface area contributed by atoms with Crippen LogP contribution in [-0.2, 0) is 4.79 Å². The summed E-state index contributed by atoms with van der Waals surface area (Å²) in [4.78, 5) is 13.8. The molecular formula is C16H16N2O2S. The number of hydrogen-bond acceptors (Lipinski definition) is 3. The van der Waals surface area contributed by atoms with Crippen molar-refractivity contribution in [2.24, 2.45) is 0 Å². The fraction of sp³-hybridized carbons (Fsp3) is 0.250. The lowest BCUT2D eigenvalue weighted by atomic mass is 10.2. The van der Waals surface area contributed by atoms with E-state index in [0.717, 1.165) is 12.0 Å². The lowest BCUT2D eigenvalue weighted by molar-refractivity contribution is -0.122. The van der Waals surface area contributed by atoms with Crippen LogP contribution in [-0.4, -0.2) is 29.1 Å². The first-order valence-corrected chi connectivity index (χ1v) is 7.07. The monoisotopic (exact) mass is 300 g/mol. The molecular weight excluding hydrogens is 284 g/mol. The molecule has 0 radical (unpaired) electrons. The highest BCUT2D eigenvalue weighted by Crippen LogP contribution is 2.17. The molecule has 0 unspecified atom stereocenters. The predicted molar refractivity (Wildman–Crippen MR) is 86.5 cm³/mol. The van der Waals surface area contributed by atoms with E-state index in [2.05, 4.69) is 11.2 Å². The highest BCUT2D eigenvalue weighted by Gasteiger charge is 2.29. The van der Waals surface area contributed by atoms with Crippen LogP contribution in [0.25, 0.3) is 6.08 Å². The molecule has 1 heterocycles. The molecule has 1 fully saturated rings. The minimum Gasteiger partial charge on any atom is -0.481 e. The zero-order chi connectivity index (χ0) is 15.2. The number of thiocarbonyl (C=S) groups is 1. The van der Waals surface area contributed by atoms with E-state index >= 15 is 0 Å². The van der Waals surface area contributed by atoms with Gasteiger partial charge in [0.25, 0.3) is 5.91 Å². The lowest BCUT2D eigenvalue weighted by Crippen LogP contribution is -2.31. The summed E-state index contributed by atoms with van der Waals surface area (Å²) < 4.78 is 5.30. The molecule has 0 aliphatic carbocycles. The molecule has 21 heavy (non-hydrogen) atoms. The smallest absolute Gasteiger partial charge is 0.276 e.